The van der Waals surface area contributed by atoms with Gasteiger partial charge in [-0.05, 0) is 31.5 Å². The fourth-order valence-corrected chi connectivity index (χ4v) is 2.09. The lowest BCUT2D eigenvalue weighted by Gasteiger charge is -2.34. The summed E-state index contributed by atoms with van der Waals surface area (Å²) in [7, 11) is 0. The summed E-state index contributed by atoms with van der Waals surface area (Å²) in [5.74, 6) is 0.210. The number of carbonyl (C=O) groups excluding carboxylic acids is 1. The molecule has 1 atom stereocenters. The summed E-state index contributed by atoms with van der Waals surface area (Å²) in [5.41, 5.74) is 2.34. The maximum absolute atomic E-state index is 11.4. The highest BCUT2D eigenvalue weighted by Crippen LogP contribution is 2.20. The van der Waals surface area contributed by atoms with Crippen molar-refractivity contribution < 1.29 is 4.79 Å². The molecule has 1 aliphatic heterocycles. The lowest BCUT2D eigenvalue weighted by molar-refractivity contribution is -0.118. The quantitative estimate of drug-likeness (QED) is 0.807. The van der Waals surface area contributed by atoms with E-state index in [0.29, 0.717) is 0 Å². The van der Waals surface area contributed by atoms with Crippen molar-refractivity contribution in [2.75, 3.05) is 24.5 Å². The van der Waals surface area contributed by atoms with Crippen LogP contribution >= 0.6 is 0 Å². The second kappa shape index (κ2) is 4.66. The van der Waals surface area contributed by atoms with E-state index in [1.54, 1.807) is 6.92 Å². The maximum Gasteiger partial charge on any atom is 0.148 e. The second-order valence-electron chi connectivity index (χ2n) is 4.24. The molecule has 0 aliphatic carbocycles. The molecule has 1 fully saturated rings. The number of hydrogen-bond acceptors (Lipinski definition) is 3. The molecule has 1 aromatic carbocycles. The molecule has 3 heteroatoms. The third kappa shape index (κ3) is 2.25. The zero-order valence-corrected chi connectivity index (χ0v) is 9.79. The van der Waals surface area contributed by atoms with Crippen LogP contribution in [0.1, 0.15) is 12.5 Å². The molecule has 0 amide bonds. The molecule has 16 heavy (non-hydrogen) atoms. The monoisotopic (exact) mass is 217 g/mol. The first-order valence-electron chi connectivity index (χ1n) is 5.64. The molecular formula is C13H17N2O. The Kier molecular flexibility index (Phi) is 3.25. The number of ketones is 1. The summed E-state index contributed by atoms with van der Waals surface area (Å²) < 4.78 is 0. The van der Waals surface area contributed by atoms with E-state index in [2.05, 4.69) is 29.3 Å². The van der Waals surface area contributed by atoms with E-state index in [0.717, 1.165) is 25.2 Å². The Balaban J connectivity index is 2.16. The summed E-state index contributed by atoms with van der Waals surface area (Å²) in [4.78, 5) is 13.6. The predicted molar refractivity (Wildman–Crippen MR) is 64.7 cm³/mol. The summed E-state index contributed by atoms with van der Waals surface area (Å²) in [6.45, 7) is 6.26. The lowest BCUT2D eigenvalue weighted by Crippen LogP contribution is -2.53. The third-order valence-electron chi connectivity index (χ3n) is 3.04. The summed E-state index contributed by atoms with van der Waals surface area (Å²) in [6, 6.07) is 9.17. The smallest absolute Gasteiger partial charge is 0.148 e. The Morgan fingerprint density at radius 1 is 1.62 bits per heavy atom. The first-order chi connectivity index (χ1) is 7.68. The molecule has 0 spiro atoms. The van der Waals surface area contributed by atoms with Gasteiger partial charge < -0.3 is 10.2 Å². The summed E-state index contributed by atoms with van der Waals surface area (Å²) in [5, 5.41) is 3.24. The zero-order valence-electron chi connectivity index (χ0n) is 9.79. The number of carbonyl (C=O) groups is 1. The van der Waals surface area contributed by atoms with Crippen LogP contribution in [-0.2, 0) is 4.79 Å². The number of aryl methyl sites for hydroxylation is 1. The van der Waals surface area contributed by atoms with Crippen LogP contribution in [0, 0.1) is 13.0 Å². The van der Waals surface area contributed by atoms with Crippen molar-refractivity contribution in [1.29, 1.82) is 0 Å². The van der Waals surface area contributed by atoms with Crippen LogP contribution in [0.15, 0.2) is 18.2 Å². The average Bonchev–Trinajstić information content (AvgIpc) is 2.30. The molecule has 1 saturated heterocycles. The molecule has 2 rings (SSSR count). The number of Topliss-reactive ketones (excluding diaryl/α,β-unsaturated/α-hetero) is 1. The fraction of sp³-hybridized carbons (Fsp3) is 0.462. The van der Waals surface area contributed by atoms with Crippen LogP contribution in [0.2, 0.25) is 0 Å². The first kappa shape index (κ1) is 11.1. The Morgan fingerprint density at radius 3 is 3.12 bits per heavy atom. The van der Waals surface area contributed by atoms with Gasteiger partial charge in [0.2, 0.25) is 0 Å². The standard InChI is InChI=1S/C13H17N2O/c1-10-5-3-4-6-13(10)15-8-7-14-12(9-15)11(2)16/h3-4,6,12,14H,7-9H2,1-2H3. The van der Waals surface area contributed by atoms with Crippen molar-refractivity contribution >= 4 is 11.5 Å². The number of benzene rings is 1. The highest BCUT2D eigenvalue weighted by Gasteiger charge is 2.23. The molecule has 0 bridgehead atoms. The van der Waals surface area contributed by atoms with Gasteiger partial charge in [0.15, 0.2) is 0 Å². The van der Waals surface area contributed by atoms with Crippen molar-refractivity contribution in [3.8, 4) is 0 Å². The Bertz CT molecular complexity index is 389. The molecule has 0 saturated carbocycles. The molecule has 0 aromatic heterocycles. The molecule has 3 nitrogen and oxygen atoms in total. The first-order valence-corrected chi connectivity index (χ1v) is 5.64. The van der Waals surface area contributed by atoms with Gasteiger partial charge in [0.05, 0.1) is 6.04 Å². The Morgan fingerprint density at radius 2 is 2.44 bits per heavy atom. The number of nitrogens with one attached hydrogen (secondary N) is 1. The molecule has 1 radical (unpaired) electrons. The normalized spacial score (nSPS) is 20.9. The van der Waals surface area contributed by atoms with Gasteiger partial charge in [0, 0.05) is 25.3 Å². The van der Waals surface area contributed by atoms with Gasteiger partial charge in [-0.15, -0.1) is 0 Å². The van der Waals surface area contributed by atoms with Gasteiger partial charge in [0.25, 0.3) is 0 Å². The topological polar surface area (TPSA) is 32.3 Å². The van der Waals surface area contributed by atoms with Gasteiger partial charge in [0.1, 0.15) is 5.78 Å². The van der Waals surface area contributed by atoms with Gasteiger partial charge in [-0.3, -0.25) is 4.79 Å². The van der Waals surface area contributed by atoms with E-state index in [4.69, 9.17) is 0 Å². The minimum Gasteiger partial charge on any atom is -0.368 e. The minimum absolute atomic E-state index is 0.0339. The van der Waals surface area contributed by atoms with Crippen LogP contribution in [-0.4, -0.2) is 31.5 Å². The van der Waals surface area contributed by atoms with Crippen LogP contribution in [0.5, 0.6) is 0 Å². The largest absolute Gasteiger partial charge is 0.368 e. The van der Waals surface area contributed by atoms with Gasteiger partial charge in [-0.2, -0.15) is 0 Å². The van der Waals surface area contributed by atoms with E-state index in [1.807, 2.05) is 12.1 Å². The highest BCUT2D eigenvalue weighted by atomic mass is 16.1. The van der Waals surface area contributed by atoms with Gasteiger partial charge in [-0.1, -0.05) is 12.1 Å². The van der Waals surface area contributed by atoms with E-state index < -0.39 is 0 Å². The van der Waals surface area contributed by atoms with E-state index in [1.165, 1.54) is 5.69 Å². The average molecular weight is 217 g/mol. The van der Waals surface area contributed by atoms with Crippen LogP contribution in [0.3, 0.4) is 0 Å². The van der Waals surface area contributed by atoms with Gasteiger partial charge >= 0.3 is 0 Å². The summed E-state index contributed by atoms with van der Waals surface area (Å²) >= 11 is 0. The highest BCUT2D eigenvalue weighted by molar-refractivity contribution is 5.82. The van der Waals surface area contributed by atoms with Crippen molar-refractivity contribution in [3.05, 3.63) is 29.8 Å². The molecule has 85 valence electrons. The number of anilines is 1. The van der Waals surface area contributed by atoms with Gasteiger partial charge in [-0.25, -0.2) is 0 Å². The van der Waals surface area contributed by atoms with E-state index in [-0.39, 0.29) is 11.8 Å². The van der Waals surface area contributed by atoms with E-state index >= 15 is 0 Å². The minimum atomic E-state index is -0.0339. The van der Waals surface area contributed by atoms with Crippen LogP contribution in [0.4, 0.5) is 5.69 Å². The number of rotatable bonds is 2. The third-order valence-corrected chi connectivity index (χ3v) is 3.04. The van der Waals surface area contributed by atoms with Crippen molar-refractivity contribution in [2.24, 2.45) is 0 Å². The second-order valence-corrected chi connectivity index (χ2v) is 4.24. The van der Waals surface area contributed by atoms with Crippen LogP contribution in [0.25, 0.3) is 0 Å². The molecular weight excluding hydrogens is 200 g/mol. The number of piperazine rings is 1. The SMILES string of the molecule is CC(=O)C1CN(c2ccc[c]c2C)CCN1. The Hall–Kier alpha value is -1.35. The Labute approximate surface area is 96.5 Å². The number of hydrogen-bond donors (Lipinski definition) is 1. The number of nitrogens with zero attached hydrogens (tertiary/aromatic N) is 1. The van der Waals surface area contributed by atoms with Crippen molar-refractivity contribution in [3.63, 3.8) is 0 Å². The van der Waals surface area contributed by atoms with Crippen LogP contribution < -0.4 is 10.2 Å². The lowest BCUT2D eigenvalue weighted by atomic mass is 10.1. The van der Waals surface area contributed by atoms with E-state index in [9.17, 15) is 4.79 Å². The van der Waals surface area contributed by atoms with Crippen molar-refractivity contribution in [2.45, 2.75) is 19.9 Å². The molecule has 1 unspecified atom stereocenters. The predicted octanol–water partition coefficient (Wildman–Crippen LogP) is 1.16. The molecule has 1 aromatic rings. The summed E-state index contributed by atoms with van der Waals surface area (Å²) in [6.07, 6.45) is 0. The molecule has 1 heterocycles. The maximum atomic E-state index is 11.4. The fourth-order valence-electron chi connectivity index (χ4n) is 2.09. The van der Waals surface area contributed by atoms with Crippen molar-refractivity contribution in [1.82, 2.24) is 5.32 Å². The zero-order chi connectivity index (χ0) is 11.5. The molecule has 1 N–H and O–H groups in total. The molecule has 1 aliphatic rings.